The minimum absolute atomic E-state index is 0.462. The molecule has 5 heteroatoms. The first-order chi connectivity index (χ1) is 8.11. The Morgan fingerprint density at radius 2 is 1.94 bits per heavy atom. The van der Waals surface area contributed by atoms with Gasteiger partial charge in [-0.2, -0.15) is 0 Å². The van der Waals surface area contributed by atoms with Gasteiger partial charge < -0.3 is 10.5 Å². The summed E-state index contributed by atoms with van der Waals surface area (Å²) in [5.74, 6) is 1.01. The van der Waals surface area contributed by atoms with Crippen molar-refractivity contribution in [2.24, 2.45) is 0 Å². The van der Waals surface area contributed by atoms with Gasteiger partial charge in [0.2, 0.25) is 0 Å². The van der Waals surface area contributed by atoms with E-state index in [0.717, 1.165) is 11.1 Å². The molecule has 3 nitrogen and oxygen atoms in total. The molecule has 0 saturated heterocycles. The zero-order chi connectivity index (χ0) is 12.4. The molecule has 0 aliphatic carbocycles. The third-order valence-corrected chi connectivity index (χ3v) is 2.95. The third kappa shape index (κ3) is 2.46. The Bertz CT molecular complexity index is 541. The lowest BCUT2D eigenvalue weighted by Gasteiger charge is -2.09. The molecule has 0 unspecified atom stereocenters. The SMILES string of the molecule is COc1cc(Cl)c(-c2ccc(N)nc2)cc1Cl. The van der Waals surface area contributed by atoms with Crippen molar-refractivity contribution in [3.05, 3.63) is 40.5 Å². The van der Waals surface area contributed by atoms with Gasteiger partial charge in [0, 0.05) is 23.4 Å². The molecule has 0 spiro atoms. The predicted octanol–water partition coefficient (Wildman–Crippen LogP) is 3.65. The normalized spacial score (nSPS) is 10.3. The van der Waals surface area contributed by atoms with Crippen LogP contribution < -0.4 is 10.5 Å². The minimum Gasteiger partial charge on any atom is -0.495 e. The van der Waals surface area contributed by atoms with Gasteiger partial charge in [-0.05, 0) is 18.2 Å². The monoisotopic (exact) mass is 268 g/mol. The quantitative estimate of drug-likeness (QED) is 0.905. The van der Waals surface area contributed by atoms with Crippen molar-refractivity contribution in [3.8, 4) is 16.9 Å². The van der Waals surface area contributed by atoms with Crippen LogP contribution in [-0.4, -0.2) is 12.1 Å². The van der Waals surface area contributed by atoms with Gasteiger partial charge in [0.1, 0.15) is 11.6 Å². The van der Waals surface area contributed by atoms with Gasteiger partial charge in [0.25, 0.3) is 0 Å². The summed E-state index contributed by atoms with van der Waals surface area (Å²) in [5, 5.41) is 1.06. The maximum absolute atomic E-state index is 6.16. The third-order valence-electron chi connectivity index (χ3n) is 2.34. The van der Waals surface area contributed by atoms with E-state index in [9.17, 15) is 0 Å². The number of hydrogen-bond acceptors (Lipinski definition) is 3. The van der Waals surface area contributed by atoms with Crippen molar-refractivity contribution >= 4 is 29.0 Å². The second-order valence-electron chi connectivity index (χ2n) is 3.44. The average molecular weight is 269 g/mol. The number of nitrogen functional groups attached to an aromatic ring is 1. The fourth-order valence-electron chi connectivity index (χ4n) is 1.47. The lowest BCUT2D eigenvalue weighted by atomic mass is 10.1. The summed E-state index contributed by atoms with van der Waals surface area (Å²) in [6.45, 7) is 0. The number of pyridine rings is 1. The molecule has 2 N–H and O–H groups in total. The Morgan fingerprint density at radius 3 is 2.53 bits per heavy atom. The van der Waals surface area contributed by atoms with Crippen LogP contribution in [0.5, 0.6) is 5.75 Å². The van der Waals surface area contributed by atoms with Crippen LogP contribution in [0.3, 0.4) is 0 Å². The fraction of sp³-hybridized carbons (Fsp3) is 0.0833. The molecule has 88 valence electrons. The average Bonchev–Trinajstić information content (AvgIpc) is 2.33. The molecule has 0 bridgehead atoms. The second kappa shape index (κ2) is 4.82. The zero-order valence-electron chi connectivity index (χ0n) is 9.08. The summed E-state index contributed by atoms with van der Waals surface area (Å²) in [6, 6.07) is 6.97. The van der Waals surface area contributed by atoms with Crippen LogP contribution in [0.1, 0.15) is 0 Å². The molecule has 0 radical (unpaired) electrons. The highest BCUT2D eigenvalue weighted by Gasteiger charge is 2.09. The highest BCUT2D eigenvalue weighted by atomic mass is 35.5. The van der Waals surface area contributed by atoms with Crippen molar-refractivity contribution in [1.29, 1.82) is 0 Å². The lowest BCUT2D eigenvalue weighted by Crippen LogP contribution is -1.90. The number of nitrogens with two attached hydrogens (primary N) is 1. The molecule has 17 heavy (non-hydrogen) atoms. The number of hydrogen-bond donors (Lipinski definition) is 1. The van der Waals surface area contributed by atoms with Crippen LogP contribution in [0.15, 0.2) is 30.5 Å². The molecule has 2 aromatic rings. The summed E-state index contributed by atoms with van der Waals surface area (Å²) in [6.07, 6.45) is 1.65. The van der Waals surface area contributed by atoms with Crippen molar-refractivity contribution in [3.63, 3.8) is 0 Å². The standard InChI is InChI=1S/C12H10Cl2N2O/c1-17-11-5-9(13)8(4-10(11)14)7-2-3-12(15)16-6-7/h2-6H,1H3,(H2,15,16). The smallest absolute Gasteiger partial charge is 0.138 e. The predicted molar refractivity (Wildman–Crippen MR) is 70.7 cm³/mol. The maximum Gasteiger partial charge on any atom is 0.138 e. The van der Waals surface area contributed by atoms with Crippen LogP contribution in [0, 0.1) is 0 Å². The number of halogens is 2. The molecule has 0 atom stereocenters. The van der Waals surface area contributed by atoms with Gasteiger partial charge in [-0.1, -0.05) is 23.2 Å². The molecule has 1 aromatic carbocycles. The number of ether oxygens (including phenoxy) is 1. The molecule has 0 saturated carbocycles. The van der Waals surface area contributed by atoms with E-state index in [4.69, 9.17) is 33.7 Å². The highest BCUT2D eigenvalue weighted by molar-refractivity contribution is 6.36. The van der Waals surface area contributed by atoms with Crippen molar-refractivity contribution in [2.45, 2.75) is 0 Å². The summed E-state index contributed by atoms with van der Waals surface area (Å²) >= 11 is 12.2. The van der Waals surface area contributed by atoms with Gasteiger partial charge in [0.05, 0.1) is 17.2 Å². The van der Waals surface area contributed by atoms with E-state index in [2.05, 4.69) is 4.98 Å². The molecular weight excluding hydrogens is 259 g/mol. The van der Waals surface area contributed by atoms with Crippen LogP contribution in [-0.2, 0) is 0 Å². The van der Waals surface area contributed by atoms with E-state index in [-0.39, 0.29) is 0 Å². The van der Waals surface area contributed by atoms with Crippen LogP contribution in [0.2, 0.25) is 10.0 Å². The van der Waals surface area contributed by atoms with Gasteiger partial charge in [-0.15, -0.1) is 0 Å². The molecule has 2 rings (SSSR count). The van der Waals surface area contributed by atoms with E-state index < -0.39 is 0 Å². The molecular formula is C12H10Cl2N2O. The number of rotatable bonds is 2. The lowest BCUT2D eigenvalue weighted by molar-refractivity contribution is 0.415. The minimum atomic E-state index is 0.462. The highest BCUT2D eigenvalue weighted by Crippen LogP contribution is 2.36. The van der Waals surface area contributed by atoms with Gasteiger partial charge in [0.15, 0.2) is 0 Å². The van der Waals surface area contributed by atoms with Crippen LogP contribution >= 0.6 is 23.2 Å². The first kappa shape index (κ1) is 12.0. The van der Waals surface area contributed by atoms with Crippen molar-refractivity contribution in [2.75, 3.05) is 12.8 Å². The Balaban J connectivity index is 2.52. The van der Waals surface area contributed by atoms with Crippen LogP contribution in [0.4, 0.5) is 5.82 Å². The summed E-state index contributed by atoms with van der Waals surface area (Å²) in [7, 11) is 1.54. The molecule has 1 heterocycles. The zero-order valence-corrected chi connectivity index (χ0v) is 10.6. The summed E-state index contributed by atoms with van der Waals surface area (Å²) in [5.41, 5.74) is 7.18. The number of aromatic nitrogens is 1. The number of methoxy groups -OCH3 is 1. The first-order valence-electron chi connectivity index (χ1n) is 4.86. The number of nitrogens with zero attached hydrogens (tertiary/aromatic N) is 1. The largest absolute Gasteiger partial charge is 0.495 e. The molecule has 0 fully saturated rings. The van der Waals surface area contributed by atoms with E-state index in [1.165, 1.54) is 0 Å². The Kier molecular flexibility index (Phi) is 3.41. The summed E-state index contributed by atoms with van der Waals surface area (Å²) < 4.78 is 5.08. The van der Waals surface area contributed by atoms with E-state index >= 15 is 0 Å². The van der Waals surface area contributed by atoms with E-state index in [1.54, 1.807) is 31.5 Å². The topological polar surface area (TPSA) is 48.1 Å². The maximum atomic E-state index is 6.16. The molecule has 0 aliphatic heterocycles. The van der Waals surface area contributed by atoms with Gasteiger partial charge in [-0.3, -0.25) is 0 Å². The second-order valence-corrected chi connectivity index (χ2v) is 4.25. The molecule has 0 amide bonds. The summed E-state index contributed by atoms with van der Waals surface area (Å²) in [4.78, 5) is 4.01. The van der Waals surface area contributed by atoms with Crippen molar-refractivity contribution in [1.82, 2.24) is 4.98 Å². The number of benzene rings is 1. The van der Waals surface area contributed by atoms with Gasteiger partial charge >= 0.3 is 0 Å². The Hall–Kier alpha value is -1.45. The fourth-order valence-corrected chi connectivity index (χ4v) is 1.97. The Morgan fingerprint density at radius 1 is 1.18 bits per heavy atom. The van der Waals surface area contributed by atoms with Crippen LogP contribution in [0.25, 0.3) is 11.1 Å². The first-order valence-corrected chi connectivity index (χ1v) is 5.62. The van der Waals surface area contributed by atoms with Gasteiger partial charge in [-0.25, -0.2) is 4.98 Å². The Labute approximate surface area is 109 Å². The van der Waals surface area contributed by atoms with Crippen molar-refractivity contribution < 1.29 is 4.74 Å². The number of anilines is 1. The molecule has 0 aliphatic rings. The van der Waals surface area contributed by atoms with E-state index in [1.807, 2.05) is 6.07 Å². The van der Waals surface area contributed by atoms with E-state index in [0.29, 0.717) is 21.6 Å². The molecule has 1 aromatic heterocycles.